The molecule has 5 heteroatoms. The standard InChI is InChI=1S/C17H27N3O2/c1-2-16(18)17(22)19-15-5-3-4-14(10-15)11-20-8-6-13(12-21)7-9-20/h3-5,10,13,16,21H,2,6-9,11-12,18H2,1H3,(H,19,22)/t16-/m0/s1. The monoisotopic (exact) mass is 305 g/mol. The summed E-state index contributed by atoms with van der Waals surface area (Å²) < 4.78 is 0. The Bertz CT molecular complexity index is 485. The molecule has 0 unspecified atom stereocenters. The van der Waals surface area contributed by atoms with Crippen molar-refractivity contribution in [1.82, 2.24) is 4.90 Å². The summed E-state index contributed by atoms with van der Waals surface area (Å²) in [4.78, 5) is 14.2. The molecule has 0 aromatic heterocycles. The van der Waals surface area contributed by atoms with Crippen molar-refractivity contribution in [3.05, 3.63) is 29.8 Å². The highest BCUT2D eigenvalue weighted by Gasteiger charge is 2.18. The average molecular weight is 305 g/mol. The van der Waals surface area contributed by atoms with Crippen molar-refractivity contribution in [3.63, 3.8) is 0 Å². The molecule has 1 aliphatic heterocycles. The first-order chi connectivity index (χ1) is 10.6. The highest BCUT2D eigenvalue weighted by Crippen LogP contribution is 2.19. The molecule has 0 radical (unpaired) electrons. The van der Waals surface area contributed by atoms with Gasteiger partial charge in [-0.25, -0.2) is 0 Å². The molecule has 1 atom stereocenters. The molecule has 5 nitrogen and oxygen atoms in total. The quantitative estimate of drug-likeness (QED) is 0.745. The maximum Gasteiger partial charge on any atom is 0.241 e. The Morgan fingerprint density at radius 2 is 2.18 bits per heavy atom. The van der Waals surface area contributed by atoms with E-state index < -0.39 is 6.04 Å². The first kappa shape index (κ1) is 16.9. The second kappa shape index (κ2) is 8.27. The van der Waals surface area contributed by atoms with Crippen molar-refractivity contribution in [1.29, 1.82) is 0 Å². The van der Waals surface area contributed by atoms with Gasteiger partial charge in [0.15, 0.2) is 0 Å². The summed E-state index contributed by atoms with van der Waals surface area (Å²) in [5.74, 6) is 0.320. The number of anilines is 1. The number of benzene rings is 1. The van der Waals surface area contributed by atoms with E-state index in [0.29, 0.717) is 18.9 Å². The molecule has 0 spiro atoms. The summed E-state index contributed by atoms with van der Waals surface area (Å²) in [7, 11) is 0. The topological polar surface area (TPSA) is 78.6 Å². The molecule has 1 aromatic carbocycles. The number of nitrogens with one attached hydrogen (secondary N) is 1. The molecule has 2 rings (SSSR count). The number of rotatable bonds is 6. The summed E-state index contributed by atoms with van der Waals surface area (Å²) in [6.07, 6.45) is 2.74. The Balaban J connectivity index is 1.90. The second-order valence-corrected chi connectivity index (χ2v) is 6.11. The van der Waals surface area contributed by atoms with Gasteiger partial charge in [0.25, 0.3) is 0 Å². The van der Waals surface area contributed by atoms with Gasteiger partial charge in [-0.05, 0) is 56.0 Å². The van der Waals surface area contributed by atoms with Gasteiger partial charge in [-0.2, -0.15) is 0 Å². The second-order valence-electron chi connectivity index (χ2n) is 6.11. The normalized spacial score (nSPS) is 18.1. The lowest BCUT2D eigenvalue weighted by Crippen LogP contribution is -2.35. The largest absolute Gasteiger partial charge is 0.396 e. The SMILES string of the molecule is CC[C@H](N)C(=O)Nc1cccc(CN2CCC(CO)CC2)c1. The molecule has 0 aliphatic carbocycles. The molecule has 0 saturated carbocycles. The number of amides is 1. The number of nitrogens with zero attached hydrogens (tertiary/aromatic N) is 1. The van der Waals surface area contributed by atoms with Crippen molar-refractivity contribution in [2.24, 2.45) is 11.7 Å². The number of carbonyl (C=O) groups excluding carboxylic acids is 1. The first-order valence-electron chi connectivity index (χ1n) is 8.11. The average Bonchev–Trinajstić information content (AvgIpc) is 2.55. The fourth-order valence-corrected chi connectivity index (χ4v) is 2.75. The number of aliphatic hydroxyl groups excluding tert-OH is 1. The zero-order valence-corrected chi connectivity index (χ0v) is 13.3. The minimum Gasteiger partial charge on any atom is -0.396 e. The molecule has 22 heavy (non-hydrogen) atoms. The smallest absolute Gasteiger partial charge is 0.241 e. The minimum absolute atomic E-state index is 0.136. The molecule has 4 N–H and O–H groups in total. The van der Waals surface area contributed by atoms with Crippen LogP contribution in [0.25, 0.3) is 0 Å². The highest BCUT2D eigenvalue weighted by atomic mass is 16.3. The summed E-state index contributed by atoms with van der Waals surface area (Å²) >= 11 is 0. The van der Waals surface area contributed by atoms with Gasteiger partial charge in [-0.3, -0.25) is 9.69 Å². The number of carbonyl (C=O) groups is 1. The molecule has 1 amide bonds. The van der Waals surface area contributed by atoms with E-state index >= 15 is 0 Å². The Morgan fingerprint density at radius 1 is 1.45 bits per heavy atom. The number of nitrogens with two attached hydrogens (primary N) is 1. The Labute approximate surface area is 132 Å². The van der Waals surface area contributed by atoms with Crippen LogP contribution in [0.3, 0.4) is 0 Å². The molecule has 1 fully saturated rings. The van der Waals surface area contributed by atoms with Gasteiger partial charge >= 0.3 is 0 Å². The molecular formula is C17H27N3O2. The summed E-state index contributed by atoms with van der Waals surface area (Å²) in [6, 6.07) is 7.48. The van der Waals surface area contributed by atoms with Crippen LogP contribution in [0.15, 0.2) is 24.3 Å². The number of likely N-dealkylation sites (tertiary alicyclic amines) is 1. The zero-order valence-electron chi connectivity index (χ0n) is 13.3. The Kier molecular flexibility index (Phi) is 6.36. The lowest BCUT2D eigenvalue weighted by Gasteiger charge is -2.31. The van der Waals surface area contributed by atoms with Gasteiger partial charge in [0.1, 0.15) is 0 Å². The van der Waals surface area contributed by atoms with Crippen LogP contribution in [0.1, 0.15) is 31.7 Å². The number of piperidine rings is 1. The van der Waals surface area contributed by atoms with E-state index in [0.717, 1.165) is 38.2 Å². The van der Waals surface area contributed by atoms with Crippen LogP contribution in [-0.2, 0) is 11.3 Å². The molecular weight excluding hydrogens is 278 g/mol. The van der Waals surface area contributed by atoms with E-state index in [-0.39, 0.29) is 5.91 Å². The van der Waals surface area contributed by atoms with Gasteiger partial charge < -0.3 is 16.2 Å². The Morgan fingerprint density at radius 3 is 2.82 bits per heavy atom. The van der Waals surface area contributed by atoms with Crippen molar-refractivity contribution in [3.8, 4) is 0 Å². The van der Waals surface area contributed by atoms with Gasteiger partial charge in [0.05, 0.1) is 6.04 Å². The maximum atomic E-state index is 11.8. The van der Waals surface area contributed by atoms with Crippen LogP contribution in [0.4, 0.5) is 5.69 Å². The molecule has 1 aliphatic rings. The van der Waals surface area contributed by atoms with E-state index in [2.05, 4.69) is 16.3 Å². The third-order valence-corrected chi connectivity index (χ3v) is 4.34. The fraction of sp³-hybridized carbons (Fsp3) is 0.588. The maximum absolute atomic E-state index is 11.8. The molecule has 122 valence electrons. The van der Waals surface area contributed by atoms with Crippen LogP contribution in [0.2, 0.25) is 0 Å². The molecule has 1 aromatic rings. The van der Waals surface area contributed by atoms with E-state index in [4.69, 9.17) is 5.73 Å². The van der Waals surface area contributed by atoms with E-state index in [1.54, 1.807) is 0 Å². The van der Waals surface area contributed by atoms with Crippen molar-refractivity contribution >= 4 is 11.6 Å². The van der Waals surface area contributed by atoms with Crippen LogP contribution in [-0.4, -0.2) is 41.7 Å². The van der Waals surface area contributed by atoms with Crippen molar-refractivity contribution in [2.45, 2.75) is 38.8 Å². The predicted octanol–water partition coefficient (Wildman–Crippen LogP) is 1.57. The molecule has 1 saturated heterocycles. The summed E-state index contributed by atoms with van der Waals surface area (Å²) in [5.41, 5.74) is 7.73. The number of hydrogen-bond acceptors (Lipinski definition) is 4. The van der Waals surface area contributed by atoms with Crippen LogP contribution in [0, 0.1) is 5.92 Å². The van der Waals surface area contributed by atoms with Gasteiger partial charge in [-0.15, -0.1) is 0 Å². The predicted molar refractivity (Wildman–Crippen MR) is 88.4 cm³/mol. The van der Waals surface area contributed by atoms with Gasteiger partial charge in [0.2, 0.25) is 5.91 Å². The van der Waals surface area contributed by atoms with Crippen molar-refractivity contribution < 1.29 is 9.90 Å². The van der Waals surface area contributed by atoms with Gasteiger partial charge in [-0.1, -0.05) is 19.1 Å². The lowest BCUT2D eigenvalue weighted by molar-refractivity contribution is -0.117. The van der Waals surface area contributed by atoms with Crippen molar-refractivity contribution in [2.75, 3.05) is 25.0 Å². The summed E-state index contributed by atoms with van der Waals surface area (Å²) in [6.45, 7) is 5.11. The zero-order chi connectivity index (χ0) is 15.9. The Hall–Kier alpha value is -1.43. The summed E-state index contributed by atoms with van der Waals surface area (Å²) in [5, 5.41) is 12.1. The highest BCUT2D eigenvalue weighted by molar-refractivity contribution is 5.94. The lowest BCUT2D eigenvalue weighted by atomic mass is 9.97. The van der Waals surface area contributed by atoms with Crippen LogP contribution in [0.5, 0.6) is 0 Å². The van der Waals surface area contributed by atoms with E-state index in [1.807, 2.05) is 25.1 Å². The number of aliphatic hydroxyl groups is 1. The van der Waals surface area contributed by atoms with Gasteiger partial charge in [0, 0.05) is 18.8 Å². The fourth-order valence-electron chi connectivity index (χ4n) is 2.75. The van der Waals surface area contributed by atoms with Crippen LogP contribution < -0.4 is 11.1 Å². The van der Waals surface area contributed by atoms with E-state index in [1.165, 1.54) is 5.56 Å². The molecule has 0 bridgehead atoms. The van der Waals surface area contributed by atoms with Crippen LogP contribution >= 0.6 is 0 Å². The van der Waals surface area contributed by atoms with E-state index in [9.17, 15) is 9.90 Å². The first-order valence-corrected chi connectivity index (χ1v) is 8.11. The third-order valence-electron chi connectivity index (χ3n) is 4.34. The molecule has 1 heterocycles. The third kappa shape index (κ3) is 4.80. The number of hydrogen-bond donors (Lipinski definition) is 3. The minimum atomic E-state index is -0.457.